The molecule has 0 aliphatic heterocycles. The van der Waals surface area contributed by atoms with Crippen molar-refractivity contribution in [1.82, 2.24) is 0 Å². The van der Waals surface area contributed by atoms with Gasteiger partial charge in [0, 0.05) is 4.57 Å². The summed E-state index contributed by atoms with van der Waals surface area (Å²) in [4.78, 5) is 0.294. The van der Waals surface area contributed by atoms with Crippen molar-refractivity contribution in [3.05, 3.63) is 60.7 Å². The molecule has 0 atom stereocenters. The van der Waals surface area contributed by atoms with Crippen LogP contribution in [0.1, 0.15) is 0 Å². The van der Waals surface area contributed by atoms with Crippen LogP contribution in [0.2, 0.25) is 0 Å². The van der Waals surface area contributed by atoms with Gasteiger partial charge in [0.2, 0.25) is 0 Å². The molecule has 10 heteroatoms. The minimum Gasteiger partial charge on any atom is -0.224 e. The molecular formula is C16H18O7PS2+. The van der Waals surface area contributed by atoms with Crippen LogP contribution in [0, 0.1) is 0 Å². The zero-order valence-corrected chi connectivity index (χ0v) is 16.3. The van der Waals surface area contributed by atoms with Crippen molar-refractivity contribution >= 4 is 27.9 Å². The Bertz CT molecular complexity index is 850. The van der Waals surface area contributed by atoms with Crippen LogP contribution < -0.4 is 0 Å². The molecular weight excluding hydrogens is 399 g/mol. The van der Waals surface area contributed by atoms with Gasteiger partial charge in [0.05, 0.1) is 21.3 Å². The third kappa shape index (κ3) is 6.26. The van der Waals surface area contributed by atoms with E-state index in [0.717, 1.165) is 0 Å². The van der Waals surface area contributed by atoms with E-state index in [1.807, 2.05) is 0 Å². The summed E-state index contributed by atoms with van der Waals surface area (Å²) in [6.45, 7) is -0.643. The highest BCUT2D eigenvalue weighted by molar-refractivity contribution is 7.91. The van der Waals surface area contributed by atoms with Gasteiger partial charge in [-0.25, -0.2) is 16.8 Å². The van der Waals surface area contributed by atoms with E-state index in [9.17, 15) is 21.4 Å². The van der Waals surface area contributed by atoms with Crippen LogP contribution in [0.25, 0.3) is 0 Å². The second-order valence-corrected chi connectivity index (χ2v) is 10.3. The van der Waals surface area contributed by atoms with E-state index in [1.54, 1.807) is 36.4 Å². The van der Waals surface area contributed by atoms with Gasteiger partial charge < -0.3 is 0 Å². The summed E-state index contributed by atoms with van der Waals surface area (Å²) >= 11 is 0. The second kappa shape index (κ2) is 9.34. The highest BCUT2D eigenvalue weighted by Gasteiger charge is 2.25. The normalized spacial score (nSPS) is 12.0. The number of benzene rings is 2. The van der Waals surface area contributed by atoms with Gasteiger partial charge in [-0.05, 0) is 24.3 Å². The molecule has 0 spiro atoms. The number of hydrogen-bond acceptors (Lipinski definition) is 7. The quantitative estimate of drug-likeness (QED) is 0.547. The molecule has 0 aromatic heterocycles. The molecule has 2 aromatic rings. The second-order valence-electron chi connectivity index (χ2n) is 5.15. The highest BCUT2D eigenvalue weighted by atomic mass is 32.2. The van der Waals surface area contributed by atoms with Gasteiger partial charge in [-0.3, -0.25) is 0 Å². The molecule has 2 aromatic carbocycles. The van der Waals surface area contributed by atoms with Gasteiger partial charge in [-0.1, -0.05) is 36.4 Å². The lowest BCUT2D eigenvalue weighted by molar-refractivity contribution is 0.244. The maximum absolute atomic E-state index is 12.0. The van der Waals surface area contributed by atoms with Crippen molar-refractivity contribution in [3.8, 4) is 0 Å². The van der Waals surface area contributed by atoms with Crippen molar-refractivity contribution in [2.75, 3.05) is 24.7 Å². The Morgan fingerprint density at radius 1 is 0.654 bits per heavy atom. The molecule has 0 aliphatic carbocycles. The van der Waals surface area contributed by atoms with Crippen LogP contribution in [-0.4, -0.2) is 41.6 Å². The summed E-state index contributed by atoms with van der Waals surface area (Å²) in [6.07, 6.45) is 0. The van der Waals surface area contributed by atoms with Gasteiger partial charge in [0.15, 0.2) is 19.7 Å². The average molecular weight is 417 g/mol. The summed E-state index contributed by atoms with van der Waals surface area (Å²) in [5, 5.41) is 0. The Morgan fingerprint density at radius 2 is 1.00 bits per heavy atom. The van der Waals surface area contributed by atoms with Crippen molar-refractivity contribution in [1.29, 1.82) is 0 Å². The molecule has 140 valence electrons. The largest absolute Gasteiger partial charge is 0.697 e. The first-order valence-electron chi connectivity index (χ1n) is 7.60. The van der Waals surface area contributed by atoms with Crippen LogP contribution >= 0.6 is 8.25 Å². The van der Waals surface area contributed by atoms with E-state index < -0.39 is 27.9 Å². The smallest absolute Gasteiger partial charge is 0.224 e. The molecule has 0 N–H and O–H groups in total. The monoisotopic (exact) mass is 417 g/mol. The molecule has 0 radical (unpaired) electrons. The van der Waals surface area contributed by atoms with Crippen molar-refractivity contribution in [2.45, 2.75) is 9.79 Å². The fourth-order valence-corrected chi connectivity index (χ4v) is 4.99. The summed E-state index contributed by atoms with van der Waals surface area (Å²) in [5.41, 5.74) is 0. The van der Waals surface area contributed by atoms with Gasteiger partial charge in [0.25, 0.3) is 0 Å². The van der Waals surface area contributed by atoms with Crippen LogP contribution in [0.15, 0.2) is 70.5 Å². The van der Waals surface area contributed by atoms with Crippen molar-refractivity contribution in [2.24, 2.45) is 0 Å². The Morgan fingerprint density at radius 3 is 1.35 bits per heavy atom. The lowest BCUT2D eigenvalue weighted by Crippen LogP contribution is -2.12. The van der Waals surface area contributed by atoms with Crippen LogP contribution in [0.3, 0.4) is 0 Å². The Labute approximate surface area is 153 Å². The summed E-state index contributed by atoms with van der Waals surface area (Å²) < 4.78 is 69.4. The predicted octanol–water partition coefficient (Wildman–Crippen LogP) is 2.62. The zero-order valence-electron chi connectivity index (χ0n) is 13.7. The van der Waals surface area contributed by atoms with Gasteiger partial charge >= 0.3 is 8.25 Å². The fraction of sp³-hybridized carbons (Fsp3) is 0.250. The van der Waals surface area contributed by atoms with Crippen molar-refractivity contribution < 1.29 is 30.4 Å². The number of hydrogen-bond donors (Lipinski definition) is 0. The van der Waals surface area contributed by atoms with Gasteiger partial charge in [-0.2, -0.15) is 0 Å². The molecule has 2 rings (SSSR count). The Balaban J connectivity index is 1.74. The maximum atomic E-state index is 12.0. The van der Waals surface area contributed by atoms with Crippen molar-refractivity contribution in [3.63, 3.8) is 0 Å². The SMILES string of the molecule is O=[P+](OCCS(=O)(=O)c1ccccc1)OCCS(=O)(=O)c1ccccc1. The predicted molar refractivity (Wildman–Crippen MR) is 96.5 cm³/mol. The number of rotatable bonds is 10. The standard InChI is InChI=1S/C16H18O7PS2/c17-24(22-11-13-25(18,19)15-7-3-1-4-8-15)23-12-14-26(20,21)16-9-5-2-6-10-16/h1-10H,11-14H2/q+1. The Kier molecular flexibility index (Phi) is 7.43. The maximum Gasteiger partial charge on any atom is 0.697 e. The highest BCUT2D eigenvalue weighted by Crippen LogP contribution is 2.24. The molecule has 7 nitrogen and oxygen atoms in total. The third-order valence-corrected chi connectivity index (χ3v) is 7.48. The average Bonchev–Trinajstić information content (AvgIpc) is 2.63. The fourth-order valence-electron chi connectivity index (χ4n) is 1.97. The molecule has 0 heterocycles. The van der Waals surface area contributed by atoms with E-state index in [-0.39, 0.29) is 34.5 Å². The molecule has 26 heavy (non-hydrogen) atoms. The minimum absolute atomic E-state index is 0.147. The summed E-state index contributed by atoms with van der Waals surface area (Å²) in [7, 11) is -9.68. The lowest BCUT2D eigenvalue weighted by Gasteiger charge is -2.02. The molecule has 0 bridgehead atoms. The topological polar surface area (TPSA) is 104 Å². The third-order valence-electron chi connectivity index (χ3n) is 3.30. The summed E-state index contributed by atoms with van der Waals surface area (Å²) in [5.74, 6) is -0.715. The van der Waals surface area contributed by atoms with Gasteiger partial charge in [-0.15, -0.1) is 9.05 Å². The van der Waals surface area contributed by atoms with Gasteiger partial charge in [0.1, 0.15) is 13.2 Å². The van der Waals surface area contributed by atoms with E-state index in [0.29, 0.717) is 0 Å². The molecule has 0 unspecified atom stereocenters. The molecule has 0 saturated heterocycles. The molecule has 0 saturated carbocycles. The first kappa shape index (κ1) is 20.7. The minimum atomic E-state index is -3.54. The van der Waals surface area contributed by atoms with Crippen LogP contribution in [0.4, 0.5) is 0 Å². The molecule has 0 fully saturated rings. The Hall–Kier alpha value is -1.64. The zero-order chi connectivity index (χ0) is 19.0. The number of sulfone groups is 2. The first-order chi connectivity index (χ1) is 12.3. The van der Waals surface area contributed by atoms with E-state index in [4.69, 9.17) is 9.05 Å². The van der Waals surface area contributed by atoms with Crippen LogP contribution in [-0.2, 0) is 33.3 Å². The first-order valence-corrected chi connectivity index (χ1v) is 12.0. The molecule has 0 aliphatic rings. The van der Waals surface area contributed by atoms with E-state index in [2.05, 4.69) is 0 Å². The lowest BCUT2D eigenvalue weighted by atomic mass is 10.4. The van der Waals surface area contributed by atoms with Crippen LogP contribution in [0.5, 0.6) is 0 Å². The summed E-state index contributed by atoms with van der Waals surface area (Å²) in [6, 6.07) is 15.6. The molecule has 0 amide bonds. The van der Waals surface area contributed by atoms with E-state index >= 15 is 0 Å². The van der Waals surface area contributed by atoms with E-state index in [1.165, 1.54) is 24.3 Å².